The molecule has 0 fully saturated rings. The molecule has 0 amide bonds. The van der Waals surface area contributed by atoms with Gasteiger partial charge in [-0.3, -0.25) is 0 Å². The molecule has 1 unspecified atom stereocenters. The van der Waals surface area contributed by atoms with Gasteiger partial charge in [-0.25, -0.2) is 13.2 Å². The number of phenolic OH excluding ortho intramolecular Hbond substituents is 1. The van der Waals surface area contributed by atoms with Gasteiger partial charge in [0.25, 0.3) is 12.1 Å². The van der Waals surface area contributed by atoms with Gasteiger partial charge in [-0.2, -0.15) is 13.2 Å². The summed E-state index contributed by atoms with van der Waals surface area (Å²) in [6.45, 7) is 0. The molecular weight excluding hydrogens is 398 g/mol. The molecule has 0 heterocycles. The molecule has 0 aliphatic carbocycles. The van der Waals surface area contributed by atoms with Crippen LogP contribution >= 0.6 is 31.9 Å². The molecule has 1 aromatic rings. The highest BCUT2D eigenvalue weighted by Crippen LogP contribution is 2.49. The van der Waals surface area contributed by atoms with Crippen LogP contribution < -0.4 is 0 Å². The van der Waals surface area contributed by atoms with Crippen molar-refractivity contribution in [1.29, 1.82) is 0 Å². The molecule has 0 bridgehead atoms. The monoisotopic (exact) mass is 400 g/mol. The molecule has 1 aromatic carbocycles. The van der Waals surface area contributed by atoms with Crippen LogP contribution in [0.1, 0.15) is 5.56 Å². The predicted molar refractivity (Wildman–Crippen MR) is 58.4 cm³/mol. The second-order valence-electron chi connectivity index (χ2n) is 3.30. The van der Waals surface area contributed by atoms with Crippen LogP contribution in [0.4, 0.5) is 26.3 Å². The molecule has 0 spiro atoms. The Balaban J connectivity index is 3.51. The van der Waals surface area contributed by atoms with Gasteiger partial charge in [0, 0.05) is 5.56 Å². The molecule has 0 aliphatic rings. The number of aromatic hydroxyl groups is 1. The summed E-state index contributed by atoms with van der Waals surface area (Å²) in [5, 5.41) is 9.25. The first-order valence-corrected chi connectivity index (χ1v) is 5.82. The van der Waals surface area contributed by atoms with Gasteiger partial charge in [-0.1, -0.05) is 0 Å². The van der Waals surface area contributed by atoms with Gasteiger partial charge in [-0.05, 0) is 44.0 Å². The quantitative estimate of drug-likeness (QED) is 0.698. The summed E-state index contributed by atoms with van der Waals surface area (Å²) >= 11 is 5.29. The van der Waals surface area contributed by atoms with Gasteiger partial charge in [0.05, 0.1) is 8.95 Å². The second-order valence-corrected chi connectivity index (χ2v) is 5.01. The lowest BCUT2D eigenvalue weighted by Gasteiger charge is -2.27. The number of rotatable bonds is 2. The largest absolute Gasteiger partial charge is 0.506 e. The van der Waals surface area contributed by atoms with Crippen molar-refractivity contribution in [1.82, 2.24) is 0 Å². The molecular formula is C9H4Br2F6O. The Hall–Kier alpha value is -0.440. The van der Waals surface area contributed by atoms with Crippen LogP contribution in [0.15, 0.2) is 21.1 Å². The first-order valence-electron chi connectivity index (χ1n) is 4.24. The summed E-state index contributed by atoms with van der Waals surface area (Å²) in [4.78, 5) is 0. The number of halogens is 8. The first kappa shape index (κ1) is 15.6. The third kappa shape index (κ3) is 2.47. The SMILES string of the molecule is Oc1c(Br)cc(C(F)(C(F)F)C(F)(F)F)cc1Br. The van der Waals surface area contributed by atoms with E-state index in [0.29, 0.717) is 12.1 Å². The minimum Gasteiger partial charge on any atom is -0.506 e. The van der Waals surface area contributed by atoms with Crippen LogP contribution in [0.2, 0.25) is 0 Å². The summed E-state index contributed by atoms with van der Waals surface area (Å²) in [5.41, 5.74) is -6.10. The van der Waals surface area contributed by atoms with Gasteiger partial charge in [0.1, 0.15) is 5.75 Å². The fourth-order valence-electron chi connectivity index (χ4n) is 1.19. The van der Waals surface area contributed by atoms with Crippen molar-refractivity contribution in [2.75, 3.05) is 0 Å². The minimum absolute atomic E-state index is 0.334. The number of hydrogen-bond donors (Lipinski definition) is 1. The van der Waals surface area contributed by atoms with Gasteiger partial charge in [0.2, 0.25) is 0 Å². The molecule has 102 valence electrons. The lowest BCUT2D eigenvalue weighted by Crippen LogP contribution is -2.44. The fourth-order valence-corrected chi connectivity index (χ4v) is 2.38. The van der Waals surface area contributed by atoms with Crippen molar-refractivity contribution in [3.63, 3.8) is 0 Å². The van der Waals surface area contributed by atoms with E-state index in [4.69, 9.17) is 0 Å². The Morgan fingerprint density at radius 2 is 1.39 bits per heavy atom. The van der Waals surface area contributed by atoms with Crippen LogP contribution in [-0.4, -0.2) is 17.7 Å². The number of alkyl halides is 6. The van der Waals surface area contributed by atoms with E-state index < -0.39 is 29.6 Å². The zero-order chi connectivity index (χ0) is 14.3. The van der Waals surface area contributed by atoms with E-state index >= 15 is 0 Å². The number of hydrogen-bond acceptors (Lipinski definition) is 1. The topological polar surface area (TPSA) is 20.2 Å². The zero-order valence-electron chi connectivity index (χ0n) is 8.20. The van der Waals surface area contributed by atoms with Gasteiger partial charge in [-0.15, -0.1) is 0 Å². The van der Waals surface area contributed by atoms with Crippen molar-refractivity contribution in [2.45, 2.75) is 18.3 Å². The number of phenols is 1. The lowest BCUT2D eigenvalue weighted by molar-refractivity contribution is -0.274. The molecule has 1 nitrogen and oxygen atoms in total. The van der Waals surface area contributed by atoms with E-state index in [1.54, 1.807) is 0 Å². The smallest absolute Gasteiger partial charge is 0.432 e. The molecule has 0 aromatic heterocycles. The van der Waals surface area contributed by atoms with Gasteiger partial charge in [0.15, 0.2) is 0 Å². The highest BCUT2D eigenvalue weighted by molar-refractivity contribution is 9.11. The molecule has 0 aliphatic heterocycles. The minimum atomic E-state index is -5.78. The standard InChI is InChI=1S/C9H4Br2F6O/c10-4-1-3(2-5(11)6(4)18)8(14,7(12)13)9(15,16)17/h1-2,7,18H. The van der Waals surface area contributed by atoms with Gasteiger partial charge >= 0.3 is 6.18 Å². The van der Waals surface area contributed by atoms with Crippen LogP contribution in [-0.2, 0) is 5.67 Å². The molecule has 1 N–H and O–H groups in total. The number of benzene rings is 1. The van der Waals surface area contributed by atoms with Crippen LogP contribution in [0.3, 0.4) is 0 Å². The van der Waals surface area contributed by atoms with E-state index in [-0.39, 0.29) is 8.95 Å². The summed E-state index contributed by atoms with van der Waals surface area (Å²) in [6, 6.07) is 0.916. The van der Waals surface area contributed by atoms with Crippen molar-refractivity contribution >= 4 is 31.9 Å². The highest BCUT2D eigenvalue weighted by Gasteiger charge is 2.64. The van der Waals surface area contributed by atoms with Crippen LogP contribution in [0.25, 0.3) is 0 Å². The summed E-state index contributed by atoms with van der Waals surface area (Å²) in [7, 11) is 0. The summed E-state index contributed by atoms with van der Waals surface area (Å²) in [6.07, 6.45) is -10.1. The molecule has 0 saturated heterocycles. The van der Waals surface area contributed by atoms with Gasteiger partial charge < -0.3 is 5.11 Å². The molecule has 9 heteroatoms. The average Bonchev–Trinajstić information content (AvgIpc) is 2.21. The van der Waals surface area contributed by atoms with E-state index in [9.17, 15) is 31.4 Å². The summed E-state index contributed by atoms with van der Waals surface area (Å²) < 4.78 is 75.2. The fraction of sp³-hybridized carbons (Fsp3) is 0.333. The molecule has 0 radical (unpaired) electrons. The summed E-state index contributed by atoms with van der Waals surface area (Å²) in [5.74, 6) is -0.516. The van der Waals surface area contributed by atoms with E-state index in [1.807, 2.05) is 0 Å². The maximum atomic E-state index is 13.6. The third-order valence-corrected chi connectivity index (χ3v) is 3.36. The molecule has 18 heavy (non-hydrogen) atoms. The Morgan fingerprint density at radius 3 is 1.67 bits per heavy atom. The van der Waals surface area contributed by atoms with Crippen molar-refractivity contribution in [3.05, 3.63) is 26.6 Å². The first-order chi connectivity index (χ1) is 8.01. The van der Waals surface area contributed by atoms with Crippen molar-refractivity contribution < 1.29 is 31.4 Å². The molecule has 1 atom stereocenters. The van der Waals surface area contributed by atoms with E-state index in [1.165, 1.54) is 0 Å². The van der Waals surface area contributed by atoms with Crippen molar-refractivity contribution in [3.8, 4) is 5.75 Å². The van der Waals surface area contributed by atoms with E-state index in [2.05, 4.69) is 31.9 Å². The second kappa shape index (κ2) is 4.92. The maximum Gasteiger partial charge on any atom is 0.432 e. The van der Waals surface area contributed by atoms with E-state index in [0.717, 1.165) is 0 Å². The Bertz CT molecular complexity index is 438. The Kier molecular flexibility index (Phi) is 4.26. The average molecular weight is 402 g/mol. The Labute approximate surface area is 114 Å². The van der Waals surface area contributed by atoms with Crippen molar-refractivity contribution in [2.24, 2.45) is 0 Å². The third-order valence-electron chi connectivity index (χ3n) is 2.15. The zero-order valence-corrected chi connectivity index (χ0v) is 11.4. The highest BCUT2D eigenvalue weighted by atomic mass is 79.9. The molecule has 1 rings (SSSR count). The van der Waals surface area contributed by atoms with Crippen LogP contribution in [0.5, 0.6) is 5.75 Å². The molecule has 0 saturated carbocycles. The van der Waals surface area contributed by atoms with Crippen LogP contribution in [0, 0.1) is 0 Å². The maximum absolute atomic E-state index is 13.6. The predicted octanol–water partition coefficient (Wildman–Crippen LogP) is 4.91. The lowest BCUT2D eigenvalue weighted by atomic mass is 9.95. The normalized spacial score (nSPS) is 15.8. The Morgan fingerprint density at radius 1 is 1.00 bits per heavy atom.